The van der Waals surface area contributed by atoms with E-state index in [4.69, 9.17) is 27.9 Å². The molecule has 1 fully saturated rings. The molecule has 136 valence electrons. The maximum absolute atomic E-state index is 12.7. The quantitative estimate of drug-likeness (QED) is 0.755. The van der Waals surface area contributed by atoms with Crippen LogP contribution in [0, 0.1) is 0 Å². The molecule has 1 unspecified atom stereocenters. The lowest BCUT2D eigenvalue weighted by atomic mass is 10.1. The topological polar surface area (TPSA) is 66.8 Å². The smallest absolute Gasteiger partial charge is 0.411 e. The van der Waals surface area contributed by atoms with Gasteiger partial charge in [0, 0.05) is 16.1 Å². The number of amides is 1. The van der Waals surface area contributed by atoms with E-state index in [1.165, 1.54) is 23.1 Å². The summed E-state index contributed by atoms with van der Waals surface area (Å²) in [5, 5.41) is 10.4. The lowest BCUT2D eigenvalue weighted by Crippen LogP contribution is -2.41. The number of hydrogen-bond acceptors (Lipinski definition) is 3. The fourth-order valence-electron chi connectivity index (χ4n) is 2.77. The highest BCUT2D eigenvalue weighted by atomic mass is 35.5. The van der Waals surface area contributed by atoms with Crippen LogP contribution in [-0.4, -0.2) is 28.1 Å². The molecule has 1 atom stereocenters. The Hall–Kier alpha value is -2.24. The maximum atomic E-state index is 12.7. The second kappa shape index (κ2) is 7.98. The van der Waals surface area contributed by atoms with Gasteiger partial charge in [0.15, 0.2) is 6.04 Å². The Morgan fingerprint density at radius 2 is 1.73 bits per heavy atom. The number of carbonyl (C=O) groups excluding carboxylic acids is 1. The average Bonchev–Trinajstić information content (AvgIpc) is 3.41. The van der Waals surface area contributed by atoms with E-state index < -0.39 is 18.1 Å². The summed E-state index contributed by atoms with van der Waals surface area (Å²) in [6, 6.07) is 12.4. The normalized spacial score (nSPS) is 14.5. The SMILES string of the molecule is O=C(O)C(c1cc(Cl)cc(Cl)c1)N(C(=O)OCc1ccccc1)C1CC1. The minimum atomic E-state index is -1.21. The number of ether oxygens (including phenoxy) is 1. The standard InChI is InChI=1S/C19H17Cl2NO4/c20-14-8-13(9-15(21)10-14)17(18(23)24)22(16-6-7-16)19(25)26-11-12-4-2-1-3-5-12/h1-5,8-10,16-17H,6-7,11H2,(H,23,24). The zero-order valence-corrected chi connectivity index (χ0v) is 15.3. The van der Waals surface area contributed by atoms with Gasteiger partial charge >= 0.3 is 12.1 Å². The molecule has 0 heterocycles. The molecule has 1 aliphatic carbocycles. The number of carboxylic acid groups (broad SMARTS) is 1. The highest BCUT2D eigenvalue weighted by molar-refractivity contribution is 6.34. The number of aliphatic carboxylic acids is 1. The van der Waals surface area contributed by atoms with Crippen LogP contribution in [-0.2, 0) is 16.1 Å². The van der Waals surface area contributed by atoms with Crippen molar-refractivity contribution in [1.82, 2.24) is 4.90 Å². The summed E-state index contributed by atoms with van der Waals surface area (Å²) in [5.41, 5.74) is 1.17. The Kier molecular flexibility index (Phi) is 5.69. The number of hydrogen-bond donors (Lipinski definition) is 1. The molecule has 0 bridgehead atoms. The van der Waals surface area contributed by atoms with Gasteiger partial charge in [-0.2, -0.15) is 0 Å². The van der Waals surface area contributed by atoms with Gasteiger partial charge in [0.05, 0.1) is 0 Å². The Bertz CT molecular complexity index is 788. The van der Waals surface area contributed by atoms with E-state index in [-0.39, 0.29) is 12.6 Å². The van der Waals surface area contributed by atoms with E-state index in [9.17, 15) is 14.7 Å². The molecular weight excluding hydrogens is 377 g/mol. The maximum Gasteiger partial charge on any atom is 0.411 e. The molecule has 7 heteroatoms. The predicted molar refractivity (Wildman–Crippen MR) is 98.3 cm³/mol. The summed E-state index contributed by atoms with van der Waals surface area (Å²) in [6.45, 7) is 0.0749. The zero-order valence-electron chi connectivity index (χ0n) is 13.8. The summed E-state index contributed by atoms with van der Waals surface area (Å²) in [5.74, 6) is -1.16. The first-order valence-electron chi connectivity index (χ1n) is 8.13. The molecule has 0 spiro atoms. The van der Waals surface area contributed by atoms with Crippen LogP contribution in [0.5, 0.6) is 0 Å². The molecule has 1 aliphatic rings. The summed E-state index contributed by atoms with van der Waals surface area (Å²) >= 11 is 12.0. The molecular formula is C19H17Cl2NO4. The van der Waals surface area contributed by atoms with E-state index in [1.54, 1.807) is 0 Å². The number of rotatable bonds is 6. The summed E-state index contributed by atoms with van der Waals surface area (Å²) in [6.07, 6.45) is 0.802. The number of nitrogens with zero attached hydrogens (tertiary/aromatic N) is 1. The molecule has 5 nitrogen and oxygen atoms in total. The van der Waals surface area contributed by atoms with E-state index in [2.05, 4.69) is 0 Å². The van der Waals surface area contributed by atoms with Crippen molar-refractivity contribution in [2.45, 2.75) is 31.5 Å². The number of benzene rings is 2. The van der Waals surface area contributed by atoms with Crippen molar-refractivity contribution >= 4 is 35.3 Å². The first-order valence-corrected chi connectivity index (χ1v) is 8.89. The van der Waals surface area contributed by atoms with Gasteiger partial charge in [-0.25, -0.2) is 9.59 Å². The molecule has 0 aliphatic heterocycles. The van der Waals surface area contributed by atoms with Gasteiger partial charge in [0.1, 0.15) is 6.61 Å². The van der Waals surface area contributed by atoms with Gasteiger partial charge in [-0.05, 0) is 42.2 Å². The van der Waals surface area contributed by atoms with Crippen LogP contribution in [0.1, 0.15) is 30.0 Å². The molecule has 0 aromatic heterocycles. The number of carboxylic acids is 1. The highest BCUT2D eigenvalue weighted by Crippen LogP contribution is 2.37. The third-order valence-electron chi connectivity index (χ3n) is 4.07. The van der Waals surface area contributed by atoms with Crippen molar-refractivity contribution in [2.24, 2.45) is 0 Å². The lowest BCUT2D eigenvalue weighted by molar-refractivity contribution is -0.143. The van der Waals surface area contributed by atoms with Crippen molar-refractivity contribution in [3.05, 3.63) is 69.7 Å². The average molecular weight is 394 g/mol. The Morgan fingerprint density at radius 1 is 1.12 bits per heavy atom. The fourth-order valence-corrected chi connectivity index (χ4v) is 3.31. The molecule has 2 aromatic carbocycles. The van der Waals surface area contributed by atoms with Crippen LogP contribution >= 0.6 is 23.2 Å². The predicted octanol–water partition coefficient (Wildman–Crippen LogP) is 4.92. The fraction of sp³-hybridized carbons (Fsp3) is 0.263. The molecule has 0 radical (unpaired) electrons. The zero-order chi connectivity index (χ0) is 18.7. The van der Waals surface area contributed by atoms with Gasteiger partial charge in [0.2, 0.25) is 0 Å². The number of halogens is 2. The van der Waals surface area contributed by atoms with Gasteiger partial charge in [-0.1, -0.05) is 53.5 Å². The number of carbonyl (C=O) groups is 2. The summed E-state index contributed by atoms with van der Waals surface area (Å²) in [7, 11) is 0. The Morgan fingerprint density at radius 3 is 2.27 bits per heavy atom. The van der Waals surface area contributed by atoms with Crippen LogP contribution in [0.3, 0.4) is 0 Å². The second-order valence-electron chi connectivity index (χ2n) is 6.12. The van der Waals surface area contributed by atoms with Gasteiger partial charge in [-0.3, -0.25) is 4.90 Å². The molecule has 2 aromatic rings. The van der Waals surface area contributed by atoms with Crippen LogP contribution < -0.4 is 0 Å². The van der Waals surface area contributed by atoms with Gasteiger partial charge in [0.25, 0.3) is 0 Å². The van der Waals surface area contributed by atoms with Crippen LogP contribution in [0.2, 0.25) is 10.0 Å². The van der Waals surface area contributed by atoms with Crippen LogP contribution in [0.15, 0.2) is 48.5 Å². The van der Waals surface area contributed by atoms with E-state index in [0.29, 0.717) is 15.6 Å². The van der Waals surface area contributed by atoms with Crippen molar-refractivity contribution in [3.8, 4) is 0 Å². The van der Waals surface area contributed by atoms with Crippen molar-refractivity contribution < 1.29 is 19.4 Å². The lowest BCUT2D eigenvalue weighted by Gasteiger charge is -2.28. The first-order chi connectivity index (χ1) is 12.5. The molecule has 1 N–H and O–H groups in total. The monoisotopic (exact) mass is 393 g/mol. The van der Waals surface area contributed by atoms with Crippen molar-refractivity contribution in [3.63, 3.8) is 0 Å². The van der Waals surface area contributed by atoms with E-state index in [1.807, 2.05) is 30.3 Å². The minimum absolute atomic E-state index is 0.0749. The van der Waals surface area contributed by atoms with Crippen molar-refractivity contribution in [1.29, 1.82) is 0 Å². The van der Waals surface area contributed by atoms with Gasteiger partial charge < -0.3 is 9.84 Å². The molecule has 1 amide bonds. The molecule has 1 saturated carbocycles. The third kappa shape index (κ3) is 4.48. The van der Waals surface area contributed by atoms with Gasteiger partial charge in [-0.15, -0.1) is 0 Å². The summed E-state index contributed by atoms with van der Waals surface area (Å²) in [4.78, 5) is 25.9. The minimum Gasteiger partial charge on any atom is -0.479 e. The van der Waals surface area contributed by atoms with Crippen LogP contribution in [0.25, 0.3) is 0 Å². The molecule has 3 rings (SSSR count). The van der Waals surface area contributed by atoms with E-state index >= 15 is 0 Å². The largest absolute Gasteiger partial charge is 0.479 e. The second-order valence-corrected chi connectivity index (χ2v) is 7.00. The Labute approximate surface area is 161 Å². The summed E-state index contributed by atoms with van der Waals surface area (Å²) < 4.78 is 5.36. The third-order valence-corrected chi connectivity index (χ3v) is 4.51. The van der Waals surface area contributed by atoms with Crippen molar-refractivity contribution in [2.75, 3.05) is 0 Å². The van der Waals surface area contributed by atoms with Crippen LogP contribution in [0.4, 0.5) is 4.79 Å². The van der Waals surface area contributed by atoms with E-state index in [0.717, 1.165) is 18.4 Å². The molecule has 26 heavy (non-hydrogen) atoms. The molecule has 0 saturated heterocycles. The highest BCUT2D eigenvalue weighted by Gasteiger charge is 2.42. The first kappa shape index (κ1) is 18.5. The Balaban J connectivity index is 1.84.